The smallest absolute Gasteiger partial charge is 0.305 e. The monoisotopic (exact) mass is 534 g/mol. The van der Waals surface area contributed by atoms with Crippen LogP contribution in [0.3, 0.4) is 0 Å². The highest BCUT2D eigenvalue weighted by molar-refractivity contribution is 5.88. The van der Waals surface area contributed by atoms with Crippen molar-refractivity contribution in [3.8, 4) is 0 Å². The van der Waals surface area contributed by atoms with Gasteiger partial charge in [0.15, 0.2) is 0 Å². The molecule has 0 unspecified atom stereocenters. The Morgan fingerprint density at radius 1 is 0.947 bits per heavy atom. The molecule has 38 heavy (non-hydrogen) atoms. The molecule has 0 atom stereocenters. The van der Waals surface area contributed by atoms with Crippen LogP contribution in [0.2, 0.25) is 0 Å². The molecule has 210 valence electrons. The summed E-state index contributed by atoms with van der Waals surface area (Å²) in [5.41, 5.74) is 5.08. The van der Waals surface area contributed by atoms with Gasteiger partial charge in [0, 0.05) is 50.9 Å². The van der Waals surface area contributed by atoms with Gasteiger partial charge in [0.2, 0.25) is 17.7 Å². The molecule has 3 amide bonds. The lowest BCUT2D eigenvalue weighted by Crippen LogP contribution is -2.48. The number of rotatable bonds is 17. The number of aryl methyl sites for hydroxylation is 1. The van der Waals surface area contributed by atoms with Gasteiger partial charge in [-0.15, -0.1) is 0 Å². The van der Waals surface area contributed by atoms with Crippen LogP contribution in [-0.2, 0) is 32.3 Å². The predicted molar refractivity (Wildman–Crippen MR) is 140 cm³/mol. The van der Waals surface area contributed by atoms with E-state index in [4.69, 9.17) is 5.11 Å². The molecule has 0 saturated heterocycles. The highest BCUT2D eigenvalue weighted by Gasteiger charge is 2.22. The van der Waals surface area contributed by atoms with Gasteiger partial charge in [-0.3, -0.25) is 24.6 Å². The van der Waals surface area contributed by atoms with Crippen LogP contribution in [0, 0.1) is 0 Å². The average Bonchev–Trinajstić information content (AvgIpc) is 3.24. The summed E-state index contributed by atoms with van der Waals surface area (Å²) in [7, 11) is 3.74. The second kappa shape index (κ2) is 15.7. The Labute approximate surface area is 221 Å². The van der Waals surface area contributed by atoms with E-state index in [2.05, 4.69) is 21.4 Å². The van der Waals surface area contributed by atoms with E-state index >= 15 is 0 Å². The number of benzene rings is 1. The Bertz CT molecular complexity index is 1090. The SMILES string of the molecule is CNN(C)Cc1cc2ccccc2n1CCC(=O)NCC(=O)N(CCO)CC(=O)N(CCO)CCC(=O)O. The van der Waals surface area contributed by atoms with E-state index in [-0.39, 0.29) is 51.5 Å². The summed E-state index contributed by atoms with van der Waals surface area (Å²) in [6.45, 7) is -0.837. The lowest BCUT2D eigenvalue weighted by molar-refractivity contribution is -0.142. The van der Waals surface area contributed by atoms with Crippen molar-refractivity contribution in [2.45, 2.75) is 25.9 Å². The molecule has 1 aromatic carbocycles. The molecule has 13 nitrogen and oxygen atoms in total. The summed E-state index contributed by atoms with van der Waals surface area (Å²) in [5.74, 6) is -2.57. The Morgan fingerprint density at radius 3 is 2.29 bits per heavy atom. The van der Waals surface area contributed by atoms with Crippen LogP contribution in [0.1, 0.15) is 18.5 Å². The maximum absolute atomic E-state index is 12.7. The zero-order valence-corrected chi connectivity index (χ0v) is 21.9. The lowest BCUT2D eigenvalue weighted by atomic mass is 10.2. The molecule has 2 rings (SSSR count). The maximum Gasteiger partial charge on any atom is 0.305 e. The molecule has 0 aliphatic carbocycles. The number of hydrogen-bond donors (Lipinski definition) is 5. The highest BCUT2D eigenvalue weighted by atomic mass is 16.4. The van der Waals surface area contributed by atoms with Gasteiger partial charge < -0.3 is 35.0 Å². The van der Waals surface area contributed by atoms with Gasteiger partial charge in [-0.25, -0.2) is 5.01 Å². The molecule has 0 spiro atoms. The molecule has 0 radical (unpaired) electrons. The third-order valence-electron chi connectivity index (χ3n) is 6.04. The van der Waals surface area contributed by atoms with Gasteiger partial charge in [-0.05, 0) is 24.6 Å². The summed E-state index contributed by atoms with van der Waals surface area (Å²) < 4.78 is 2.06. The first-order valence-corrected chi connectivity index (χ1v) is 12.4. The second-order valence-corrected chi connectivity index (χ2v) is 8.74. The molecule has 5 N–H and O–H groups in total. The molecule has 1 aromatic heterocycles. The zero-order valence-electron chi connectivity index (χ0n) is 21.9. The maximum atomic E-state index is 12.7. The molecule has 0 saturated carbocycles. The van der Waals surface area contributed by atoms with E-state index in [1.165, 1.54) is 0 Å². The van der Waals surface area contributed by atoms with E-state index in [0.717, 1.165) is 26.4 Å². The van der Waals surface area contributed by atoms with Gasteiger partial charge in [0.1, 0.15) is 0 Å². The van der Waals surface area contributed by atoms with Crippen LogP contribution in [0.5, 0.6) is 0 Å². The van der Waals surface area contributed by atoms with Gasteiger partial charge in [0.25, 0.3) is 0 Å². The van der Waals surface area contributed by atoms with E-state index < -0.39 is 30.9 Å². The molecule has 0 aliphatic heterocycles. The molecular weight excluding hydrogens is 496 g/mol. The third-order valence-corrected chi connectivity index (χ3v) is 6.04. The molecular formula is C25H38N6O7. The topological polar surface area (TPSA) is 168 Å². The van der Waals surface area contributed by atoms with Crippen LogP contribution < -0.4 is 10.7 Å². The molecule has 13 heteroatoms. The van der Waals surface area contributed by atoms with Gasteiger partial charge >= 0.3 is 5.97 Å². The summed E-state index contributed by atoms with van der Waals surface area (Å²) in [6.07, 6.45) is -0.181. The number of nitrogens with one attached hydrogen (secondary N) is 2. The van der Waals surface area contributed by atoms with Crippen molar-refractivity contribution >= 4 is 34.6 Å². The second-order valence-electron chi connectivity index (χ2n) is 8.74. The van der Waals surface area contributed by atoms with E-state index in [1.54, 1.807) is 0 Å². The lowest BCUT2D eigenvalue weighted by Gasteiger charge is -2.26. The Hall–Kier alpha value is -3.52. The van der Waals surface area contributed by atoms with E-state index in [0.29, 0.717) is 13.1 Å². The highest BCUT2D eigenvalue weighted by Crippen LogP contribution is 2.21. The zero-order chi connectivity index (χ0) is 28.1. The van der Waals surface area contributed by atoms with Crippen molar-refractivity contribution in [1.82, 2.24) is 30.1 Å². The van der Waals surface area contributed by atoms with Crippen molar-refractivity contribution in [1.29, 1.82) is 0 Å². The number of fused-ring (bicyclic) bond motifs is 1. The average molecular weight is 535 g/mol. The first-order chi connectivity index (χ1) is 18.2. The van der Waals surface area contributed by atoms with Crippen LogP contribution >= 0.6 is 0 Å². The summed E-state index contributed by atoms with van der Waals surface area (Å²) in [5, 5.41) is 32.9. The number of nitrogens with zero attached hydrogens (tertiary/aromatic N) is 4. The minimum atomic E-state index is -1.10. The van der Waals surface area contributed by atoms with Crippen LogP contribution in [-0.4, -0.2) is 118 Å². The number of para-hydroxylation sites is 1. The standard InChI is InChI=1S/C25H38N6O7/c1-26-28(2)17-20-15-19-5-3-4-6-21(19)31(20)10-7-22(34)27-16-23(35)30(12-14-33)18-24(36)29(11-13-32)9-8-25(37)38/h3-6,15,26,32-33H,7-14,16-18H2,1-2H3,(H,27,34)(H,37,38). The van der Waals surface area contributed by atoms with Crippen molar-refractivity contribution in [3.05, 3.63) is 36.0 Å². The normalized spacial score (nSPS) is 11.1. The van der Waals surface area contributed by atoms with Crippen molar-refractivity contribution < 1.29 is 34.5 Å². The Kier molecular flexibility index (Phi) is 12.7. The van der Waals surface area contributed by atoms with E-state index in [1.807, 2.05) is 43.4 Å². The fourth-order valence-electron chi connectivity index (χ4n) is 3.96. The number of aliphatic hydroxyl groups is 2. The van der Waals surface area contributed by atoms with Crippen LogP contribution in [0.25, 0.3) is 10.9 Å². The molecule has 0 fully saturated rings. The number of amides is 3. The molecule has 0 bridgehead atoms. The molecule has 0 aliphatic rings. The Balaban J connectivity index is 1.96. The van der Waals surface area contributed by atoms with Crippen molar-refractivity contribution in [3.63, 3.8) is 0 Å². The van der Waals surface area contributed by atoms with Crippen molar-refractivity contribution in [2.75, 3.05) is 60.0 Å². The number of carboxylic acid groups (broad SMARTS) is 1. The van der Waals surface area contributed by atoms with Gasteiger partial charge in [-0.2, -0.15) is 0 Å². The first kappa shape index (κ1) is 30.7. The number of hydrazine groups is 1. The first-order valence-electron chi connectivity index (χ1n) is 12.4. The fourth-order valence-corrected chi connectivity index (χ4v) is 3.96. The summed E-state index contributed by atoms with van der Waals surface area (Å²) >= 11 is 0. The third kappa shape index (κ3) is 9.41. The number of aromatic nitrogens is 1. The van der Waals surface area contributed by atoms with Crippen LogP contribution in [0.15, 0.2) is 30.3 Å². The van der Waals surface area contributed by atoms with Crippen LogP contribution in [0.4, 0.5) is 0 Å². The van der Waals surface area contributed by atoms with E-state index in [9.17, 15) is 29.4 Å². The number of aliphatic hydroxyl groups excluding tert-OH is 2. The number of carbonyl (C=O) groups is 4. The summed E-state index contributed by atoms with van der Waals surface area (Å²) in [4.78, 5) is 51.0. The fraction of sp³-hybridized carbons (Fsp3) is 0.520. The number of aliphatic carboxylic acids is 1. The minimum absolute atomic E-state index is 0.0792. The molecule has 1 heterocycles. The minimum Gasteiger partial charge on any atom is -0.481 e. The number of hydrogen-bond acceptors (Lipinski definition) is 8. The predicted octanol–water partition coefficient (Wildman–Crippen LogP) is -1.17. The quantitative estimate of drug-likeness (QED) is 0.157. The Morgan fingerprint density at radius 2 is 1.63 bits per heavy atom. The van der Waals surface area contributed by atoms with Gasteiger partial charge in [-0.1, -0.05) is 18.2 Å². The number of carboxylic acids is 1. The van der Waals surface area contributed by atoms with Crippen molar-refractivity contribution in [2.24, 2.45) is 0 Å². The van der Waals surface area contributed by atoms with Gasteiger partial charge in [0.05, 0.1) is 39.3 Å². The summed E-state index contributed by atoms with van der Waals surface area (Å²) in [6, 6.07) is 9.96. The number of carbonyl (C=O) groups excluding carboxylic acids is 3. The molecule has 2 aromatic rings. The largest absolute Gasteiger partial charge is 0.481 e.